The molecule has 1 fully saturated rings. The van der Waals surface area contributed by atoms with Crippen molar-refractivity contribution in [3.63, 3.8) is 0 Å². The number of ether oxygens (including phenoxy) is 2. The van der Waals surface area contributed by atoms with E-state index in [1.54, 1.807) is 0 Å². The molecule has 0 aromatic heterocycles. The van der Waals surface area contributed by atoms with Gasteiger partial charge in [0.1, 0.15) is 18.3 Å². The number of aliphatic hydroxyl groups excluding tert-OH is 1. The van der Waals surface area contributed by atoms with Crippen LogP contribution in [0.25, 0.3) is 0 Å². The molecule has 1 aliphatic carbocycles. The highest BCUT2D eigenvalue weighted by Gasteiger charge is 2.51. The Hall–Kier alpha value is -0.940. The summed E-state index contributed by atoms with van der Waals surface area (Å²) >= 11 is 0. The van der Waals surface area contributed by atoms with Gasteiger partial charge < -0.3 is 20.3 Å². The van der Waals surface area contributed by atoms with Gasteiger partial charge >= 0.3 is 0 Å². The van der Waals surface area contributed by atoms with E-state index in [2.05, 4.69) is 0 Å². The van der Waals surface area contributed by atoms with Gasteiger partial charge in [-0.1, -0.05) is 24.3 Å². The molecule has 1 heterocycles. The first kappa shape index (κ1) is 11.2. The first-order valence-electron chi connectivity index (χ1n) is 5.88. The summed E-state index contributed by atoms with van der Waals surface area (Å²) in [6.07, 6.45) is -1.33. The fourth-order valence-corrected chi connectivity index (χ4v) is 2.74. The number of fused-ring (bicyclic) bond motifs is 3. The molecule has 4 atom stereocenters. The zero-order chi connectivity index (χ0) is 12.2. The summed E-state index contributed by atoms with van der Waals surface area (Å²) in [7, 11) is 0. The highest BCUT2D eigenvalue weighted by Crippen LogP contribution is 2.46. The topological polar surface area (TPSA) is 64.7 Å². The lowest BCUT2D eigenvalue weighted by molar-refractivity contribution is -0.155. The lowest BCUT2D eigenvalue weighted by Gasteiger charge is -2.34. The molecule has 4 nitrogen and oxygen atoms in total. The molecule has 0 saturated carbocycles. The molecule has 17 heavy (non-hydrogen) atoms. The van der Waals surface area contributed by atoms with E-state index in [-0.39, 0.29) is 12.2 Å². The van der Waals surface area contributed by atoms with Gasteiger partial charge in [0.25, 0.3) is 0 Å². The average Bonchev–Trinajstić information content (AvgIpc) is 2.62. The van der Waals surface area contributed by atoms with Crippen molar-refractivity contribution in [2.45, 2.75) is 44.0 Å². The van der Waals surface area contributed by atoms with Crippen molar-refractivity contribution < 1.29 is 14.6 Å². The van der Waals surface area contributed by atoms with Crippen LogP contribution in [0.5, 0.6) is 0 Å². The minimum atomic E-state index is -0.725. The van der Waals surface area contributed by atoms with Crippen LogP contribution in [0.3, 0.4) is 0 Å². The molecule has 1 aromatic carbocycles. The van der Waals surface area contributed by atoms with Crippen molar-refractivity contribution >= 4 is 0 Å². The minimum Gasteiger partial charge on any atom is -0.388 e. The van der Waals surface area contributed by atoms with E-state index in [0.717, 1.165) is 11.1 Å². The Bertz CT molecular complexity index is 446. The molecule has 1 aliphatic heterocycles. The van der Waals surface area contributed by atoms with Crippen molar-refractivity contribution in [2.24, 2.45) is 5.73 Å². The van der Waals surface area contributed by atoms with E-state index in [1.165, 1.54) is 0 Å². The number of nitrogens with two attached hydrogens (primary N) is 1. The van der Waals surface area contributed by atoms with Gasteiger partial charge in [0.05, 0.1) is 6.04 Å². The van der Waals surface area contributed by atoms with Gasteiger partial charge in [-0.2, -0.15) is 0 Å². The van der Waals surface area contributed by atoms with Gasteiger partial charge in [-0.15, -0.1) is 0 Å². The van der Waals surface area contributed by atoms with Crippen molar-refractivity contribution in [1.29, 1.82) is 0 Å². The zero-order valence-corrected chi connectivity index (χ0v) is 9.96. The summed E-state index contributed by atoms with van der Waals surface area (Å²) in [6.45, 7) is 3.71. The molecule has 1 saturated heterocycles. The molecule has 0 bridgehead atoms. The maximum Gasteiger partial charge on any atom is 0.164 e. The van der Waals surface area contributed by atoms with Gasteiger partial charge in [0.2, 0.25) is 0 Å². The van der Waals surface area contributed by atoms with Crippen LogP contribution in [0.2, 0.25) is 0 Å². The van der Waals surface area contributed by atoms with Crippen molar-refractivity contribution in [1.82, 2.24) is 0 Å². The summed E-state index contributed by atoms with van der Waals surface area (Å²) in [5.74, 6) is -0.673. The van der Waals surface area contributed by atoms with Crippen molar-refractivity contribution in [3.8, 4) is 0 Å². The maximum atomic E-state index is 10.2. The first-order chi connectivity index (χ1) is 7.99. The smallest absolute Gasteiger partial charge is 0.164 e. The average molecular weight is 235 g/mol. The Labute approximate surface area is 100 Å². The molecular weight excluding hydrogens is 218 g/mol. The molecule has 1 aromatic rings. The normalized spacial score (nSPS) is 38.6. The van der Waals surface area contributed by atoms with Crippen LogP contribution in [0.15, 0.2) is 24.3 Å². The molecule has 0 unspecified atom stereocenters. The minimum absolute atomic E-state index is 0.226. The summed E-state index contributed by atoms with van der Waals surface area (Å²) in [5, 5.41) is 10.2. The molecule has 4 heteroatoms. The third kappa shape index (κ3) is 1.60. The molecule has 0 spiro atoms. The first-order valence-corrected chi connectivity index (χ1v) is 5.88. The van der Waals surface area contributed by atoms with E-state index >= 15 is 0 Å². The monoisotopic (exact) mass is 235 g/mol. The Balaban J connectivity index is 2.09. The Morgan fingerprint density at radius 2 is 1.82 bits per heavy atom. The second-order valence-corrected chi connectivity index (χ2v) is 5.17. The van der Waals surface area contributed by atoms with Crippen LogP contribution in [-0.2, 0) is 9.47 Å². The molecule has 3 N–H and O–H groups in total. The number of hydrogen-bond acceptors (Lipinski definition) is 4. The lowest BCUT2D eigenvalue weighted by Crippen LogP contribution is -2.44. The largest absolute Gasteiger partial charge is 0.388 e. The molecular formula is C13H17NO3. The highest BCUT2D eigenvalue weighted by atomic mass is 16.8. The molecule has 3 rings (SSSR count). The van der Waals surface area contributed by atoms with E-state index < -0.39 is 17.9 Å². The van der Waals surface area contributed by atoms with Crippen LogP contribution in [0.1, 0.15) is 37.1 Å². The van der Waals surface area contributed by atoms with Gasteiger partial charge in [-0.25, -0.2) is 0 Å². The summed E-state index contributed by atoms with van der Waals surface area (Å²) in [6, 6.07) is 7.39. The number of benzene rings is 1. The predicted molar refractivity (Wildman–Crippen MR) is 62.2 cm³/mol. The van der Waals surface area contributed by atoms with Crippen LogP contribution < -0.4 is 5.73 Å². The molecule has 0 amide bonds. The van der Waals surface area contributed by atoms with Crippen molar-refractivity contribution in [2.75, 3.05) is 0 Å². The third-order valence-corrected chi connectivity index (χ3v) is 3.50. The molecule has 2 aliphatic rings. The number of aliphatic hydroxyl groups is 1. The highest BCUT2D eigenvalue weighted by molar-refractivity contribution is 5.37. The van der Waals surface area contributed by atoms with Crippen LogP contribution in [-0.4, -0.2) is 23.1 Å². The van der Waals surface area contributed by atoms with Crippen LogP contribution in [0, 0.1) is 0 Å². The third-order valence-electron chi connectivity index (χ3n) is 3.50. The SMILES string of the molecule is CC1(C)O[C@H]2[C@H](O)[C@@H](N)c3ccccc3[C@H]2O1. The Morgan fingerprint density at radius 1 is 1.18 bits per heavy atom. The van der Waals surface area contributed by atoms with Crippen LogP contribution >= 0.6 is 0 Å². The number of rotatable bonds is 0. The van der Waals surface area contributed by atoms with Gasteiger partial charge in [-0.3, -0.25) is 0 Å². The fraction of sp³-hybridized carbons (Fsp3) is 0.538. The summed E-state index contributed by atoms with van der Waals surface area (Å²) < 4.78 is 11.6. The second kappa shape index (κ2) is 3.53. The summed E-state index contributed by atoms with van der Waals surface area (Å²) in [4.78, 5) is 0. The molecule has 92 valence electrons. The standard InChI is InChI=1S/C13H17NO3/c1-13(2)16-11-8-6-4-3-5-7(8)9(14)10(15)12(11)17-13/h3-6,9-12,15H,14H2,1-2H3/t9-,10+,11+,12-/m0/s1. The Kier molecular flexibility index (Phi) is 2.32. The maximum absolute atomic E-state index is 10.2. The fourth-order valence-electron chi connectivity index (χ4n) is 2.74. The molecule has 0 radical (unpaired) electrons. The van der Waals surface area contributed by atoms with Gasteiger partial charge in [0, 0.05) is 0 Å². The van der Waals surface area contributed by atoms with Crippen LogP contribution in [0.4, 0.5) is 0 Å². The quantitative estimate of drug-likeness (QED) is 0.710. The van der Waals surface area contributed by atoms with Crippen molar-refractivity contribution in [3.05, 3.63) is 35.4 Å². The van der Waals surface area contributed by atoms with Gasteiger partial charge in [0.15, 0.2) is 5.79 Å². The predicted octanol–water partition coefficient (Wildman–Crippen LogP) is 1.25. The van der Waals surface area contributed by atoms with E-state index in [4.69, 9.17) is 15.2 Å². The van der Waals surface area contributed by atoms with E-state index in [0.29, 0.717) is 0 Å². The Morgan fingerprint density at radius 3 is 2.53 bits per heavy atom. The number of hydrogen-bond donors (Lipinski definition) is 2. The zero-order valence-electron chi connectivity index (χ0n) is 9.96. The van der Waals surface area contributed by atoms with Gasteiger partial charge in [-0.05, 0) is 25.0 Å². The van der Waals surface area contributed by atoms with E-state index in [1.807, 2.05) is 38.1 Å². The summed E-state index contributed by atoms with van der Waals surface area (Å²) in [5.41, 5.74) is 8.02. The van der Waals surface area contributed by atoms with E-state index in [9.17, 15) is 5.11 Å². The lowest BCUT2D eigenvalue weighted by atomic mass is 9.82. The second-order valence-electron chi connectivity index (χ2n) is 5.17.